The largest absolute Gasteiger partial charge is 0.308 e. The van der Waals surface area contributed by atoms with Gasteiger partial charge in [0, 0.05) is 4.88 Å². The minimum Gasteiger partial charge on any atom is -0.308 e. The van der Waals surface area contributed by atoms with Gasteiger partial charge in [-0.2, -0.15) is 0 Å². The molecule has 2 aliphatic carbocycles. The summed E-state index contributed by atoms with van der Waals surface area (Å²) in [5.41, 5.74) is 1.82. The predicted octanol–water partition coefficient (Wildman–Crippen LogP) is 4.04. The molecule has 19 heavy (non-hydrogen) atoms. The zero-order chi connectivity index (χ0) is 13.5. The van der Waals surface area contributed by atoms with Crippen molar-refractivity contribution in [3.05, 3.63) is 15.6 Å². The summed E-state index contributed by atoms with van der Waals surface area (Å²) < 4.78 is 0. The van der Waals surface area contributed by atoms with Gasteiger partial charge < -0.3 is 5.32 Å². The van der Waals surface area contributed by atoms with Crippen LogP contribution in [0.3, 0.4) is 0 Å². The predicted molar refractivity (Wildman–Crippen MR) is 81.7 cm³/mol. The van der Waals surface area contributed by atoms with Crippen molar-refractivity contribution in [2.45, 2.75) is 70.8 Å². The van der Waals surface area contributed by atoms with Gasteiger partial charge >= 0.3 is 0 Å². The quantitative estimate of drug-likeness (QED) is 0.883. The van der Waals surface area contributed by atoms with Gasteiger partial charge in [-0.05, 0) is 51.0 Å². The van der Waals surface area contributed by atoms with Crippen molar-refractivity contribution in [3.8, 4) is 0 Å². The van der Waals surface area contributed by atoms with Crippen LogP contribution in [0, 0.1) is 5.41 Å². The molecule has 106 valence electrons. The van der Waals surface area contributed by atoms with Crippen molar-refractivity contribution < 1.29 is 0 Å². The Kier molecular flexibility index (Phi) is 3.46. The van der Waals surface area contributed by atoms with Crippen LogP contribution in [0.25, 0.3) is 0 Å². The van der Waals surface area contributed by atoms with Crippen LogP contribution in [0.5, 0.6) is 0 Å². The maximum absolute atomic E-state index is 5.07. The number of hydrogen-bond acceptors (Lipinski definition) is 3. The van der Waals surface area contributed by atoms with Crippen LogP contribution in [0.1, 0.15) is 68.0 Å². The number of hydrogen-bond donors (Lipinski definition) is 1. The molecule has 0 amide bonds. The second kappa shape index (κ2) is 4.85. The number of fused-ring (bicyclic) bond motifs is 1. The van der Waals surface area contributed by atoms with E-state index in [0.29, 0.717) is 5.41 Å². The van der Waals surface area contributed by atoms with Crippen molar-refractivity contribution in [2.75, 3.05) is 7.05 Å². The van der Waals surface area contributed by atoms with E-state index in [9.17, 15) is 0 Å². The fraction of sp³-hybridized carbons (Fsp3) is 0.812. The molecular weight excluding hydrogens is 252 g/mol. The Bertz CT molecular complexity index is 440. The summed E-state index contributed by atoms with van der Waals surface area (Å²) >= 11 is 1.99. The lowest BCUT2D eigenvalue weighted by atomic mass is 9.63. The first-order valence-corrected chi connectivity index (χ1v) is 8.59. The molecule has 0 radical (unpaired) electrons. The maximum Gasteiger partial charge on any atom is 0.114 e. The average Bonchev–Trinajstić information content (AvgIpc) is 2.82. The highest BCUT2D eigenvalue weighted by atomic mass is 32.1. The highest BCUT2D eigenvalue weighted by molar-refractivity contribution is 7.11. The molecule has 0 aromatic carbocycles. The van der Waals surface area contributed by atoms with Crippen molar-refractivity contribution in [3.63, 3.8) is 0 Å². The average molecular weight is 278 g/mol. The second-order valence-electron chi connectivity index (χ2n) is 6.84. The van der Waals surface area contributed by atoms with Gasteiger partial charge in [0.2, 0.25) is 0 Å². The normalized spacial score (nSPS) is 30.1. The van der Waals surface area contributed by atoms with E-state index in [1.165, 1.54) is 62.1 Å². The van der Waals surface area contributed by atoms with Gasteiger partial charge in [0.15, 0.2) is 0 Å². The second-order valence-corrected chi connectivity index (χ2v) is 7.93. The van der Waals surface area contributed by atoms with Crippen molar-refractivity contribution in [1.29, 1.82) is 0 Å². The van der Waals surface area contributed by atoms with Gasteiger partial charge in [0.05, 0.1) is 11.2 Å². The van der Waals surface area contributed by atoms with Crippen LogP contribution in [-0.2, 0) is 18.4 Å². The Balaban J connectivity index is 2.03. The van der Waals surface area contributed by atoms with E-state index in [0.717, 1.165) is 0 Å². The molecule has 1 fully saturated rings. The lowest BCUT2D eigenvalue weighted by Gasteiger charge is -2.49. The molecule has 0 spiro atoms. The molecule has 3 heteroatoms. The van der Waals surface area contributed by atoms with Gasteiger partial charge in [-0.15, -0.1) is 11.3 Å². The number of rotatable bonds is 2. The maximum atomic E-state index is 5.07. The van der Waals surface area contributed by atoms with Crippen molar-refractivity contribution in [2.24, 2.45) is 5.41 Å². The summed E-state index contributed by atoms with van der Waals surface area (Å²) in [5.74, 6) is 0. The molecule has 1 N–H and O–H groups in total. The molecule has 0 saturated heterocycles. The van der Waals surface area contributed by atoms with Crippen molar-refractivity contribution >= 4 is 11.3 Å². The smallest absolute Gasteiger partial charge is 0.114 e. The van der Waals surface area contributed by atoms with Crippen LogP contribution in [0.2, 0.25) is 0 Å². The third-order valence-corrected chi connectivity index (χ3v) is 6.72. The van der Waals surface area contributed by atoms with E-state index in [-0.39, 0.29) is 5.54 Å². The lowest BCUT2D eigenvalue weighted by Crippen LogP contribution is -2.53. The number of thiazole rings is 1. The zero-order valence-electron chi connectivity index (χ0n) is 12.5. The molecule has 1 aromatic rings. The summed E-state index contributed by atoms with van der Waals surface area (Å²) in [5, 5.41) is 5.05. The van der Waals surface area contributed by atoms with E-state index in [1.807, 2.05) is 11.3 Å². The summed E-state index contributed by atoms with van der Waals surface area (Å²) in [4.78, 5) is 6.64. The number of aryl methyl sites for hydroxylation is 2. The summed E-state index contributed by atoms with van der Waals surface area (Å²) in [6.45, 7) is 4.84. The third kappa shape index (κ3) is 2.06. The summed E-state index contributed by atoms with van der Waals surface area (Å²) in [7, 11) is 2.13. The Morgan fingerprint density at radius 3 is 2.47 bits per heavy atom. The van der Waals surface area contributed by atoms with Crippen molar-refractivity contribution in [1.82, 2.24) is 10.3 Å². The highest BCUT2D eigenvalue weighted by Crippen LogP contribution is 2.51. The molecule has 2 aliphatic rings. The zero-order valence-corrected chi connectivity index (χ0v) is 13.3. The van der Waals surface area contributed by atoms with Crippen LogP contribution in [0.15, 0.2) is 0 Å². The Morgan fingerprint density at radius 2 is 1.79 bits per heavy atom. The standard InChI is InChI=1S/C16H26N2S/c1-15(2)10-6-7-11-16(15,17-3)14-18-12-8-4-5-9-13(12)19-14/h17H,4-11H2,1-3H3. The molecule has 1 heterocycles. The van der Waals surface area contributed by atoms with Gasteiger partial charge in [0.1, 0.15) is 5.01 Å². The van der Waals surface area contributed by atoms with Gasteiger partial charge in [-0.1, -0.05) is 26.7 Å². The fourth-order valence-corrected chi connectivity index (χ4v) is 5.57. The monoisotopic (exact) mass is 278 g/mol. The number of nitrogens with one attached hydrogen (secondary N) is 1. The van der Waals surface area contributed by atoms with Crippen LogP contribution >= 0.6 is 11.3 Å². The van der Waals surface area contributed by atoms with Crippen LogP contribution < -0.4 is 5.32 Å². The molecule has 3 rings (SSSR count). The number of aromatic nitrogens is 1. The van der Waals surface area contributed by atoms with Gasteiger partial charge in [-0.25, -0.2) is 4.98 Å². The highest BCUT2D eigenvalue weighted by Gasteiger charge is 2.49. The van der Waals surface area contributed by atoms with Crippen LogP contribution in [0.4, 0.5) is 0 Å². The summed E-state index contributed by atoms with van der Waals surface area (Å²) in [6, 6.07) is 0. The minimum absolute atomic E-state index is 0.104. The molecular formula is C16H26N2S. The SMILES string of the molecule is CNC1(c2nc3c(s2)CCCC3)CCCCC1(C)C. The minimum atomic E-state index is 0.104. The van der Waals surface area contributed by atoms with E-state index in [1.54, 1.807) is 4.88 Å². The first-order chi connectivity index (χ1) is 9.09. The molecule has 2 nitrogen and oxygen atoms in total. The van der Waals surface area contributed by atoms with Gasteiger partial charge in [-0.3, -0.25) is 0 Å². The Labute approximate surface area is 121 Å². The van der Waals surface area contributed by atoms with E-state index in [4.69, 9.17) is 4.98 Å². The first-order valence-electron chi connectivity index (χ1n) is 7.77. The Hall–Kier alpha value is -0.410. The van der Waals surface area contributed by atoms with Crippen LogP contribution in [-0.4, -0.2) is 12.0 Å². The Morgan fingerprint density at radius 1 is 1.05 bits per heavy atom. The van der Waals surface area contributed by atoms with E-state index >= 15 is 0 Å². The van der Waals surface area contributed by atoms with Gasteiger partial charge in [0.25, 0.3) is 0 Å². The van der Waals surface area contributed by atoms with E-state index in [2.05, 4.69) is 26.2 Å². The topological polar surface area (TPSA) is 24.9 Å². The lowest BCUT2D eigenvalue weighted by molar-refractivity contribution is 0.0665. The number of nitrogens with zero attached hydrogens (tertiary/aromatic N) is 1. The molecule has 1 aromatic heterocycles. The molecule has 1 unspecified atom stereocenters. The molecule has 1 atom stereocenters. The molecule has 0 bridgehead atoms. The fourth-order valence-electron chi connectivity index (χ4n) is 4.01. The first kappa shape index (κ1) is 13.6. The molecule has 1 saturated carbocycles. The third-order valence-electron chi connectivity index (χ3n) is 5.40. The van der Waals surface area contributed by atoms with E-state index < -0.39 is 0 Å². The summed E-state index contributed by atoms with van der Waals surface area (Å²) in [6.07, 6.45) is 10.4. The molecule has 0 aliphatic heterocycles.